The van der Waals surface area contributed by atoms with Crippen LogP contribution in [0.3, 0.4) is 0 Å². The first kappa shape index (κ1) is 14.0. The molecule has 1 N–H and O–H groups in total. The molecular formula is C6H10F3NO4S. The van der Waals surface area contributed by atoms with E-state index in [0.29, 0.717) is 0 Å². The predicted octanol–water partition coefficient (Wildman–Crippen LogP) is 0.319. The summed E-state index contributed by atoms with van der Waals surface area (Å²) >= 11 is 0. The van der Waals surface area contributed by atoms with Crippen molar-refractivity contribution in [3.05, 3.63) is 0 Å². The summed E-state index contributed by atoms with van der Waals surface area (Å²) in [6, 6.07) is 0. The molecule has 0 aliphatic carbocycles. The van der Waals surface area contributed by atoms with E-state index in [1.165, 1.54) is 0 Å². The Morgan fingerprint density at radius 2 is 1.93 bits per heavy atom. The first-order chi connectivity index (χ1) is 6.60. The molecule has 0 radical (unpaired) electrons. The Labute approximate surface area is 84.5 Å². The smallest absolute Gasteiger partial charge is 0.422 e. The molecule has 0 rings (SSSR count). The quantitative estimate of drug-likeness (QED) is 0.778. The Morgan fingerprint density at radius 3 is 2.33 bits per heavy atom. The van der Waals surface area contributed by atoms with Gasteiger partial charge in [-0.05, 0) is 0 Å². The van der Waals surface area contributed by atoms with Gasteiger partial charge in [-0.3, -0.25) is 0 Å². The molecule has 0 unspecified atom stereocenters. The number of nitrogens with one attached hydrogen (secondary N) is 1. The second-order valence-corrected chi connectivity index (χ2v) is 5.01. The van der Waals surface area contributed by atoms with Crippen LogP contribution in [0.2, 0.25) is 0 Å². The molecule has 0 bridgehead atoms. The summed E-state index contributed by atoms with van der Waals surface area (Å²) in [4.78, 5) is 10.5. The van der Waals surface area contributed by atoms with E-state index in [0.717, 1.165) is 6.26 Å². The van der Waals surface area contributed by atoms with Crippen LogP contribution in [0.1, 0.15) is 0 Å². The Bertz CT molecular complexity index is 311. The maximum Gasteiger partial charge on any atom is 0.422 e. The van der Waals surface area contributed by atoms with Gasteiger partial charge in [0.15, 0.2) is 6.61 Å². The Morgan fingerprint density at radius 1 is 1.40 bits per heavy atom. The lowest BCUT2D eigenvalue weighted by Crippen LogP contribution is -2.32. The van der Waals surface area contributed by atoms with Crippen LogP contribution in [0, 0.1) is 0 Å². The van der Waals surface area contributed by atoms with Crippen LogP contribution in [0.25, 0.3) is 0 Å². The molecule has 15 heavy (non-hydrogen) atoms. The highest BCUT2D eigenvalue weighted by Gasteiger charge is 2.29. The molecule has 0 aliphatic heterocycles. The molecular weight excluding hydrogens is 239 g/mol. The Balaban J connectivity index is 3.69. The van der Waals surface area contributed by atoms with Gasteiger partial charge in [0.25, 0.3) is 0 Å². The molecule has 9 heteroatoms. The first-order valence-corrected chi connectivity index (χ1v) is 5.81. The number of halogens is 3. The third kappa shape index (κ3) is 10.9. The molecule has 0 saturated carbocycles. The molecule has 0 aliphatic rings. The number of carbonyl (C=O) groups excluding carboxylic acids is 1. The molecule has 0 saturated heterocycles. The molecule has 5 nitrogen and oxygen atoms in total. The minimum Gasteiger partial charge on any atom is -0.440 e. The highest BCUT2D eigenvalue weighted by Crippen LogP contribution is 2.14. The van der Waals surface area contributed by atoms with Crippen molar-refractivity contribution < 1.29 is 31.1 Å². The van der Waals surface area contributed by atoms with E-state index in [9.17, 15) is 26.4 Å². The van der Waals surface area contributed by atoms with Gasteiger partial charge in [0.1, 0.15) is 9.84 Å². The molecule has 0 aromatic carbocycles. The van der Waals surface area contributed by atoms with Gasteiger partial charge in [0, 0.05) is 12.8 Å². The predicted molar refractivity (Wildman–Crippen MR) is 45.1 cm³/mol. The maximum atomic E-state index is 11.5. The van der Waals surface area contributed by atoms with Gasteiger partial charge in [0.05, 0.1) is 5.75 Å². The molecule has 0 aromatic rings. The molecule has 0 heterocycles. The van der Waals surface area contributed by atoms with E-state index in [2.05, 4.69) is 4.74 Å². The zero-order chi connectivity index (χ0) is 12.1. The SMILES string of the molecule is CS(=O)(=O)CCNC(=O)OCC(F)(F)F. The first-order valence-electron chi connectivity index (χ1n) is 3.75. The zero-order valence-corrected chi connectivity index (χ0v) is 8.61. The summed E-state index contributed by atoms with van der Waals surface area (Å²) in [7, 11) is -3.26. The van der Waals surface area contributed by atoms with Crippen LogP contribution in [-0.4, -0.2) is 45.8 Å². The normalized spacial score (nSPS) is 12.3. The Kier molecular flexibility index (Phi) is 4.85. The number of ether oxygens (including phenoxy) is 1. The van der Waals surface area contributed by atoms with Crippen LogP contribution in [-0.2, 0) is 14.6 Å². The third-order valence-corrected chi connectivity index (χ3v) is 2.05. The fraction of sp³-hybridized carbons (Fsp3) is 0.833. The number of carbonyl (C=O) groups is 1. The summed E-state index contributed by atoms with van der Waals surface area (Å²) in [5.74, 6) is -0.353. The maximum absolute atomic E-state index is 11.5. The average Bonchev–Trinajstić information content (AvgIpc) is 1.97. The summed E-state index contributed by atoms with van der Waals surface area (Å²) in [6.07, 6.45) is -4.94. The fourth-order valence-electron chi connectivity index (χ4n) is 0.537. The van der Waals surface area contributed by atoms with Crippen molar-refractivity contribution in [1.29, 1.82) is 0 Å². The molecule has 0 atom stereocenters. The highest BCUT2D eigenvalue weighted by molar-refractivity contribution is 7.90. The van der Waals surface area contributed by atoms with Gasteiger partial charge in [-0.25, -0.2) is 13.2 Å². The van der Waals surface area contributed by atoms with Crippen molar-refractivity contribution in [3.63, 3.8) is 0 Å². The standard InChI is InChI=1S/C6H10F3NO4S/c1-15(12,13)3-2-10-5(11)14-4-6(7,8)9/h2-4H2,1H3,(H,10,11). The van der Waals surface area contributed by atoms with Crippen molar-refractivity contribution in [3.8, 4) is 0 Å². The molecule has 90 valence electrons. The van der Waals surface area contributed by atoms with Crippen LogP contribution in [0.4, 0.5) is 18.0 Å². The van der Waals surface area contributed by atoms with Crippen molar-refractivity contribution in [1.82, 2.24) is 5.32 Å². The van der Waals surface area contributed by atoms with Crippen molar-refractivity contribution in [2.45, 2.75) is 6.18 Å². The lowest BCUT2D eigenvalue weighted by molar-refractivity contribution is -0.160. The molecule has 0 spiro atoms. The molecule has 1 amide bonds. The number of alkyl carbamates (subject to hydrolysis) is 1. The van der Waals surface area contributed by atoms with Gasteiger partial charge in [-0.2, -0.15) is 13.2 Å². The van der Waals surface area contributed by atoms with Gasteiger partial charge >= 0.3 is 12.3 Å². The van der Waals surface area contributed by atoms with Crippen LogP contribution in [0.15, 0.2) is 0 Å². The number of amides is 1. The molecule has 0 aromatic heterocycles. The van der Waals surface area contributed by atoms with Crippen molar-refractivity contribution in [2.24, 2.45) is 0 Å². The summed E-state index contributed by atoms with van der Waals surface area (Å²) < 4.78 is 59.4. The van der Waals surface area contributed by atoms with E-state index in [1.54, 1.807) is 0 Å². The van der Waals surface area contributed by atoms with Gasteiger partial charge in [-0.1, -0.05) is 0 Å². The number of hydrogen-bond acceptors (Lipinski definition) is 4. The number of alkyl halides is 3. The lowest BCUT2D eigenvalue weighted by atomic mass is 10.7. The second-order valence-electron chi connectivity index (χ2n) is 2.75. The third-order valence-electron chi connectivity index (χ3n) is 1.11. The summed E-state index contributed by atoms with van der Waals surface area (Å²) in [5.41, 5.74) is 0. The van der Waals surface area contributed by atoms with Crippen LogP contribution in [0.5, 0.6) is 0 Å². The number of hydrogen-bond donors (Lipinski definition) is 1. The largest absolute Gasteiger partial charge is 0.440 e. The van der Waals surface area contributed by atoms with Crippen molar-refractivity contribution >= 4 is 15.9 Å². The average molecular weight is 249 g/mol. The van der Waals surface area contributed by atoms with E-state index in [4.69, 9.17) is 0 Å². The Hall–Kier alpha value is -0.990. The summed E-state index contributed by atoms with van der Waals surface area (Å²) in [5, 5.41) is 1.87. The minimum absolute atomic E-state index is 0.282. The minimum atomic E-state index is -4.59. The van der Waals surface area contributed by atoms with Gasteiger partial charge in [0.2, 0.25) is 0 Å². The second kappa shape index (κ2) is 5.19. The topological polar surface area (TPSA) is 72.5 Å². The monoisotopic (exact) mass is 249 g/mol. The summed E-state index contributed by atoms with van der Waals surface area (Å²) in [6.45, 7) is -1.98. The highest BCUT2D eigenvalue weighted by atomic mass is 32.2. The molecule has 0 fully saturated rings. The van der Waals surface area contributed by atoms with Gasteiger partial charge < -0.3 is 10.1 Å². The number of rotatable bonds is 4. The fourth-order valence-corrected chi connectivity index (χ4v) is 1.01. The van der Waals surface area contributed by atoms with E-state index < -0.39 is 28.7 Å². The van der Waals surface area contributed by atoms with E-state index >= 15 is 0 Å². The van der Waals surface area contributed by atoms with E-state index in [-0.39, 0.29) is 12.3 Å². The van der Waals surface area contributed by atoms with Crippen LogP contribution >= 0.6 is 0 Å². The lowest BCUT2D eigenvalue weighted by Gasteiger charge is -2.08. The number of sulfone groups is 1. The van der Waals surface area contributed by atoms with Crippen LogP contribution < -0.4 is 5.32 Å². The van der Waals surface area contributed by atoms with E-state index in [1.807, 2.05) is 5.32 Å². The van der Waals surface area contributed by atoms with Crippen molar-refractivity contribution in [2.75, 3.05) is 25.2 Å². The zero-order valence-electron chi connectivity index (χ0n) is 7.80. The van der Waals surface area contributed by atoms with Gasteiger partial charge in [-0.15, -0.1) is 0 Å².